The van der Waals surface area contributed by atoms with E-state index in [4.69, 9.17) is 0 Å². The van der Waals surface area contributed by atoms with Gasteiger partial charge in [-0.25, -0.2) is 14.0 Å². The lowest BCUT2D eigenvalue weighted by Crippen LogP contribution is -2.55. The van der Waals surface area contributed by atoms with Gasteiger partial charge in [0.2, 0.25) is 0 Å². The summed E-state index contributed by atoms with van der Waals surface area (Å²) in [5, 5.41) is 0. The van der Waals surface area contributed by atoms with Crippen molar-refractivity contribution in [1.82, 2.24) is 12.9 Å². The average Bonchev–Trinajstić information content (AvgIpc) is 2.68. The van der Waals surface area contributed by atoms with Crippen molar-refractivity contribution in [2.75, 3.05) is 13.1 Å². The Bertz CT molecular complexity index is 987. The van der Waals surface area contributed by atoms with Crippen molar-refractivity contribution in [2.45, 2.75) is 77.0 Å². The molecular formula is C22H38N3O7PS2. The first-order chi connectivity index (χ1) is 16.3. The molecule has 0 saturated heterocycles. The third kappa shape index (κ3) is 4.68. The Morgan fingerprint density at radius 2 is 0.886 bits per heavy atom. The highest BCUT2D eigenvalue weighted by molar-refractivity contribution is 8.08. The predicted molar refractivity (Wildman–Crippen MR) is 129 cm³/mol. The lowest BCUT2D eigenvalue weighted by molar-refractivity contribution is -0.0488. The molecule has 35 heavy (non-hydrogen) atoms. The van der Waals surface area contributed by atoms with Gasteiger partial charge in [0.15, 0.2) is 0 Å². The third-order valence-electron chi connectivity index (χ3n) is 10.2. The van der Waals surface area contributed by atoms with E-state index < -0.39 is 31.6 Å². The molecule has 0 unspecified atom stereocenters. The normalized spacial score (nSPS) is 44.4. The molecule has 10 nitrogen and oxygen atoms in total. The van der Waals surface area contributed by atoms with E-state index in [9.17, 15) is 31.2 Å². The van der Waals surface area contributed by atoms with Crippen molar-refractivity contribution < 1.29 is 31.2 Å². The molecule has 0 aromatic rings. The van der Waals surface area contributed by atoms with Crippen molar-refractivity contribution in [3.63, 3.8) is 0 Å². The number of rotatable bonds is 9. The summed E-state index contributed by atoms with van der Waals surface area (Å²) >= 11 is 0. The summed E-state index contributed by atoms with van der Waals surface area (Å²) in [6.45, 7) is 0.0274. The fourth-order valence-corrected chi connectivity index (χ4v) is 15.2. The summed E-state index contributed by atoms with van der Waals surface area (Å²) in [5.74, 6) is 3.39. The van der Waals surface area contributed by atoms with Crippen LogP contribution in [-0.4, -0.2) is 43.2 Å². The van der Waals surface area contributed by atoms with Gasteiger partial charge in [-0.1, -0.05) is 0 Å². The topological polar surface area (TPSA) is 153 Å². The maximum Gasteiger partial charge on any atom is 0.432 e. The largest absolute Gasteiger partial charge is 0.432 e. The third-order valence-corrected chi connectivity index (χ3v) is 16.2. The van der Waals surface area contributed by atoms with E-state index in [0.29, 0.717) is 35.5 Å². The number of hydrogen-bond donors (Lipinski definition) is 4. The van der Waals surface area contributed by atoms with Crippen LogP contribution in [0.25, 0.3) is 0 Å². The standard InChI is InChI=1S/C22H38N3O7PS2/c26-33(27,28)25(34(29,30)23-13-21-7-15-1-16(8-21)3-17(2-15)9-21)35(31,32)24-14-22-10-18-4-19(11-22)6-20(5-18)12-22/h15-20,23-24H,1-14H2,(H2,26,27,28). The summed E-state index contributed by atoms with van der Waals surface area (Å²) in [5.41, 5.74) is -0.502. The molecule has 0 aromatic carbocycles. The summed E-state index contributed by atoms with van der Waals surface area (Å²) in [7, 11) is -15.7. The molecule has 200 valence electrons. The zero-order valence-electron chi connectivity index (χ0n) is 20.0. The van der Waals surface area contributed by atoms with Gasteiger partial charge in [0.25, 0.3) is 0 Å². The lowest BCUT2D eigenvalue weighted by atomic mass is 9.49. The van der Waals surface area contributed by atoms with Crippen LogP contribution in [0.3, 0.4) is 0 Å². The fraction of sp³-hybridized carbons (Fsp3) is 1.00. The van der Waals surface area contributed by atoms with Gasteiger partial charge in [0.1, 0.15) is 0 Å². The molecule has 8 bridgehead atoms. The van der Waals surface area contributed by atoms with Gasteiger partial charge < -0.3 is 9.79 Å². The van der Waals surface area contributed by atoms with Crippen LogP contribution < -0.4 is 9.44 Å². The van der Waals surface area contributed by atoms with Gasteiger partial charge in [0, 0.05) is 16.6 Å². The molecule has 8 aliphatic rings. The van der Waals surface area contributed by atoms with Crippen LogP contribution in [0.2, 0.25) is 0 Å². The van der Waals surface area contributed by atoms with Crippen LogP contribution in [0, 0.1) is 46.3 Å². The Morgan fingerprint density at radius 1 is 0.629 bits per heavy atom. The molecule has 0 amide bonds. The Labute approximate surface area is 208 Å². The number of nitrogens with one attached hydrogen (secondary N) is 2. The molecule has 0 radical (unpaired) electrons. The molecular weight excluding hydrogens is 513 g/mol. The van der Waals surface area contributed by atoms with Gasteiger partial charge in [-0.15, -0.1) is 0 Å². The van der Waals surface area contributed by atoms with E-state index in [1.54, 1.807) is 0 Å². The molecule has 8 saturated carbocycles. The zero-order valence-corrected chi connectivity index (χ0v) is 22.5. The molecule has 0 aliphatic heterocycles. The summed E-state index contributed by atoms with van der Waals surface area (Å²) in [6.07, 6.45) is 12.3. The lowest BCUT2D eigenvalue weighted by Gasteiger charge is -2.57. The maximum atomic E-state index is 13.1. The smallest absolute Gasteiger partial charge is 0.311 e. The maximum absolute atomic E-state index is 13.1. The molecule has 0 heterocycles. The highest BCUT2D eigenvalue weighted by Crippen LogP contribution is 2.61. The van der Waals surface area contributed by atoms with Crippen molar-refractivity contribution in [3.8, 4) is 0 Å². The van der Waals surface area contributed by atoms with Gasteiger partial charge in [0.05, 0.1) is 0 Å². The zero-order chi connectivity index (χ0) is 24.9. The van der Waals surface area contributed by atoms with Gasteiger partial charge >= 0.3 is 28.2 Å². The molecule has 8 rings (SSSR count). The predicted octanol–water partition coefficient (Wildman–Crippen LogP) is 2.48. The highest BCUT2D eigenvalue weighted by Gasteiger charge is 2.55. The van der Waals surface area contributed by atoms with Crippen LogP contribution in [-0.2, 0) is 25.0 Å². The fourth-order valence-electron chi connectivity index (χ4n) is 10.0. The number of nitrogens with zero attached hydrogens (tertiary/aromatic N) is 1. The van der Waals surface area contributed by atoms with Crippen LogP contribution in [0.15, 0.2) is 0 Å². The quantitative estimate of drug-likeness (QED) is 0.321. The first kappa shape index (κ1) is 25.2. The molecule has 0 spiro atoms. The van der Waals surface area contributed by atoms with Crippen molar-refractivity contribution >= 4 is 28.2 Å². The Balaban J connectivity index is 1.18. The van der Waals surface area contributed by atoms with E-state index in [2.05, 4.69) is 9.44 Å². The van der Waals surface area contributed by atoms with E-state index in [1.165, 1.54) is 38.5 Å². The monoisotopic (exact) mass is 551 g/mol. The molecule has 13 heteroatoms. The Morgan fingerprint density at radius 3 is 1.11 bits per heavy atom. The Kier molecular flexibility index (Phi) is 5.92. The number of hydrogen-bond acceptors (Lipinski definition) is 5. The van der Waals surface area contributed by atoms with Crippen LogP contribution >= 0.6 is 7.75 Å². The van der Waals surface area contributed by atoms with E-state index in [1.807, 2.05) is 0 Å². The molecule has 0 atom stereocenters. The second-order valence-electron chi connectivity index (χ2n) is 13.2. The SMILES string of the molecule is O=P(O)(O)N(S(=O)(=O)NCC12CC3CC(CC(C3)C1)C2)S(=O)(=O)NCC12CC3CC(CC(C3)C1)C2. The first-order valence-electron chi connectivity index (χ1n) is 13.1. The van der Waals surface area contributed by atoms with Gasteiger partial charge in [-0.3, -0.25) is 0 Å². The van der Waals surface area contributed by atoms with Crippen molar-refractivity contribution in [1.29, 1.82) is 0 Å². The summed E-state index contributed by atoms with van der Waals surface area (Å²) in [4.78, 5) is 19.7. The second kappa shape index (κ2) is 8.21. The van der Waals surface area contributed by atoms with Crippen LogP contribution in [0.1, 0.15) is 77.0 Å². The minimum Gasteiger partial charge on any atom is -0.311 e. The molecule has 8 fully saturated rings. The van der Waals surface area contributed by atoms with E-state index in [0.717, 1.165) is 38.5 Å². The minimum absolute atomic E-state index is 0.0137. The van der Waals surface area contributed by atoms with E-state index >= 15 is 0 Å². The molecule has 4 N–H and O–H groups in total. The van der Waals surface area contributed by atoms with Gasteiger partial charge in [-0.2, -0.15) is 16.8 Å². The van der Waals surface area contributed by atoms with Crippen LogP contribution in [0.4, 0.5) is 0 Å². The minimum atomic E-state index is -5.69. The van der Waals surface area contributed by atoms with Crippen molar-refractivity contribution in [2.24, 2.45) is 46.3 Å². The summed E-state index contributed by atoms with van der Waals surface area (Å²) < 4.78 is 68.8. The first-order valence-corrected chi connectivity index (χ1v) is 17.6. The molecule has 0 aromatic heterocycles. The highest BCUT2D eigenvalue weighted by atomic mass is 32.3. The second-order valence-corrected chi connectivity index (χ2v) is 18.6. The van der Waals surface area contributed by atoms with Crippen LogP contribution in [0.5, 0.6) is 0 Å². The van der Waals surface area contributed by atoms with E-state index in [-0.39, 0.29) is 23.9 Å². The van der Waals surface area contributed by atoms with Gasteiger partial charge in [-0.05, 0) is 123 Å². The molecule has 8 aliphatic carbocycles. The van der Waals surface area contributed by atoms with Crippen molar-refractivity contribution in [3.05, 3.63) is 0 Å². The average molecular weight is 552 g/mol. The Hall–Kier alpha value is -0.0700. The summed E-state index contributed by atoms with van der Waals surface area (Å²) in [6, 6.07) is 0.